The molecule has 8 unspecified atom stereocenters. The first-order valence-electron chi connectivity index (χ1n) is 15.6. The van der Waals surface area contributed by atoms with E-state index in [1.807, 2.05) is 0 Å². The lowest BCUT2D eigenvalue weighted by molar-refractivity contribution is -0.253. The van der Waals surface area contributed by atoms with Crippen LogP contribution in [0.1, 0.15) is 133 Å². The molecule has 0 spiro atoms. The van der Waals surface area contributed by atoms with Crippen molar-refractivity contribution in [3.63, 3.8) is 0 Å². The van der Waals surface area contributed by atoms with Gasteiger partial charge in [0.15, 0.2) is 0 Å². The van der Waals surface area contributed by atoms with Crippen molar-refractivity contribution in [1.29, 1.82) is 0 Å². The Morgan fingerprint density at radius 3 is 2.14 bits per heavy atom. The van der Waals surface area contributed by atoms with Crippen LogP contribution in [0.5, 0.6) is 0 Å². The number of rotatable bonds is 6. The zero-order valence-electron chi connectivity index (χ0n) is 25.6. The van der Waals surface area contributed by atoms with Crippen molar-refractivity contribution < 1.29 is 10.2 Å². The van der Waals surface area contributed by atoms with Crippen molar-refractivity contribution in [2.24, 2.45) is 56.7 Å². The molecule has 4 fully saturated rings. The van der Waals surface area contributed by atoms with Gasteiger partial charge in [0.1, 0.15) is 0 Å². The molecule has 4 aliphatic rings. The Morgan fingerprint density at radius 2 is 1.56 bits per heavy atom. The van der Waals surface area contributed by atoms with Crippen LogP contribution in [0.15, 0.2) is 11.6 Å². The summed E-state index contributed by atoms with van der Waals surface area (Å²) in [6.07, 6.45) is 13.6. The van der Waals surface area contributed by atoms with Crippen LogP contribution < -0.4 is 0 Å². The van der Waals surface area contributed by atoms with Gasteiger partial charge in [-0.15, -0.1) is 0 Å². The molecule has 2 nitrogen and oxygen atoms in total. The highest BCUT2D eigenvalue weighted by molar-refractivity contribution is 5.20. The van der Waals surface area contributed by atoms with Gasteiger partial charge in [0, 0.05) is 0 Å². The molecule has 0 aromatic carbocycles. The van der Waals surface area contributed by atoms with Crippen molar-refractivity contribution in [2.45, 2.75) is 146 Å². The molecule has 0 saturated heterocycles. The second-order valence-electron chi connectivity index (χ2n) is 15.9. The van der Waals surface area contributed by atoms with Gasteiger partial charge in [0.2, 0.25) is 0 Å². The summed E-state index contributed by atoms with van der Waals surface area (Å²) in [4.78, 5) is 0. The van der Waals surface area contributed by atoms with Crippen LogP contribution >= 0.6 is 0 Å². The van der Waals surface area contributed by atoms with E-state index in [1.54, 1.807) is 0 Å². The van der Waals surface area contributed by atoms with Crippen LogP contribution in [0, 0.1) is 56.7 Å². The number of aliphatic hydroxyl groups excluding tert-OH is 2. The summed E-state index contributed by atoms with van der Waals surface area (Å²) < 4.78 is 0. The SMILES string of the molecule is CCC1[C@H](O)CC2(C)C(CCC3(C)C2CC(O)C2C([C@@](C)(CC)CCC=C(C)C)CC[C@]23C)C1(C)C. The minimum Gasteiger partial charge on any atom is -0.393 e. The van der Waals surface area contributed by atoms with Gasteiger partial charge < -0.3 is 10.2 Å². The van der Waals surface area contributed by atoms with Crippen molar-refractivity contribution in [1.82, 2.24) is 0 Å². The Morgan fingerprint density at radius 1 is 0.917 bits per heavy atom. The molecule has 2 N–H and O–H groups in total. The molecule has 36 heavy (non-hydrogen) atoms. The zero-order valence-corrected chi connectivity index (χ0v) is 25.6. The second-order valence-corrected chi connectivity index (χ2v) is 15.9. The summed E-state index contributed by atoms with van der Waals surface area (Å²) >= 11 is 0. The Hall–Kier alpha value is -0.340. The van der Waals surface area contributed by atoms with Crippen LogP contribution in [0.3, 0.4) is 0 Å². The van der Waals surface area contributed by atoms with Crippen molar-refractivity contribution in [3.05, 3.63) is 11.6 Å². The molecule has 11 atom stereocenters. The minimum absolute atomic E-state index is 0.103. The number of hydrogen-bond acceptors (Lipinski definition) is 2. The Bertz CT molecular complexity index is 840. The first-order valence-corrected chi connectivity index (χ1v) is 15.6. The molecule has 0 amide bonds. The predicted octanol–water partition coefficient (Wildman–Crippen LogP) is 8.80. The lowest BCUT2D eigenvalue weighted by Gasteiger charge is -2.71. The third-order valence-electron chi connectivity index (χ3n) is 14.0. The largest absolute Gasteiger partial charge is 0.393 e. The molecule has 0 aromatic heterocycles. The van der Waals surface area contributed by atoms with E-state index < -0.39 is 0 Å². The predicted molar refractivity (Wildman–Crippen MR) is 153 cm³/mol. The maximum Gasteiger partial charge on any atom is 0.0579 e. The van der Waals surface area contributed by atoms with Gasteiger partial charge in [-0.25, -0.2) is 0 Å². The number of fused-ring (bicyclic) bond motifs is 5. The summed E-state index contributed by atoms with van der Waals surface area (Å²) in [5.41, 5.74) is 2.38. The average molecular weight is 501 g/mol. The number of aliphatic hydroxyl groups is 2. The minimum atomic E-state index is -0.217. The normalized spacial score (nSPS) is 49.4. The summed E-state index contributed by atoms with van der Waals surface area (Å²) in [6.45, 7) is 24.2. The van der Waals surface area contributed by atoms with Crippen molar-refractivity contribution in [3.8, 4) is 0 Å². The van der Waals surface area contributed by atoms with Gasteiger partial charge in [-0.1, -0.05) is 79.9 Å². The Balaban J connectivity index is 1.69. The van der Waals surface area contributed by atoms with Gasteiger partial charge >= 0.3 is 0 Å². The lowest BCUT2D eigenvalue weighted by atomic mass is 9.34. The molecule has 4 rings (SSSR count). The summed E-state index contributed by atoms with van der Waals surface area (Å²) in [5, 5.41) is 23.5. The first-order chi connectivity index (χ1) is 16.6. The molecule has 0 aliphatic heterocycles. The highest BCUT2D eigenvalue weighted by atomic mass is 16.3. The average Bonchev–Trinajstić information content (AvgIpc) is 3.15. The monoisotopic (exact) mass is 500 g/mol. The van der Waals surface area contributed by atoms with E-state index in [2.05, 4.69) is 75.3 Å². The fourth-order valence-electron chi connectivity index (χ4n) is 11.9. The van der Waals surface area contributed by atoms with E-state index in [0.717, 1.165) is 25.7 Å². The van der Waals surface area contributed by atoms with Gasteiger partial charge in [-0.3, -0.25) is 0 Å². The molecule has 4 aliphatic carbocycles. The summed E-state index contributed by atoms with van der Waals surface area (Å²) in [6, 6.07) is 0. The van der Waals surface area contributed by atoms with Crippen molar-refractivity contribution in [2.75, 3.05) is 0 Å². The van der Waals surface area contributed by atoms with E-state index in [0.29, 0.717) is 29.6 Å². The molecular formula is C34H60O2. The number of hydrogen-bond donors (Lipinski definition) is 2. The fraction of sp³-hybridized carbons (Fsp3) is 0.941. The van der Waals surface area contributed by atoms with Gasteiger partial charge in [0.05, 0.1) is 12.2 Å². The topological polar surface area (TPSA) is 40.5 Å². The van der Waals surface area contributed by atoms with Crippen LogP contribution in [0.2, 0.25) is 0 Å². The third-order valence-corrected chi connectivity index (χ3v) is 14.0. The highest BCUT2D eigenvalue weighted by Crippen LogP contribution is 2.76. The maximum absolute atomic E-state index is 12.1. The summed E-state index contributed by atoms with van der Waals surface area (Å²) in [5.74, 6) is 2.52. The van der Waals surface area contributed by atoms with Gasteiger partial charge in [0.25, 0.3) is 0 Å². The molecular weight excluding hydrogens is 440 g/mol. The molecule has 0 aromatic rings. The van der Waals surface area contributed by atoms with E-state index in [1.165, 1.54) is 44.1 Å². The standard InChI is InChI=1S/C34H60O2/c1-11-23-26(36)21-32(8)27(30(23,5)6)16-19-33(9)28(32)20-25(35)29-24(15-18-34(29,33)10)31(7,12-2)17-13-14-22(3)4/h14,23-29,35-36H,11-13,15-21H2,1-10H3/t23?,24?,25?,26-,27?,28?,29?,31+,32?,33?,34-/m1/s1. The molecule has 208 valence electrons. The second kappa shape index (κ2) is 9.39. The molecule has 0 bridgehead atoms. The molecule has 0 radical (unpaired) electrons. The van der Waals surface area contributed by atoms with Crippen LogP contribution in [-0.2, 0) is 0 Å². The smallest absolute Gasteiger partial charge is 0.0579 e. The van der Waals surface area contributed by atoms with E-state index >= 15 is 0 Å². The summed E-state index contributed by atoms with van der Waals surface area (Å²) in [7, 11) is 0. The zero-order chi connectivity index (χ0) is 26.9. The highest BCUT2D eigenvalue weighted by Gasteiger charge is 2.71. The van der Waals surface area contributed by atoms with Gasteiger partial charge in [-0.2, -0.15) is 0 Å². The first kappa shape index (κ1) is 28.7. The van der Waals surface area contributed by atoms with Crippen LogP contribution in [-0.4, -0.2) is 22.4 Å². The fourth-order valence-corrected chi connectivity index (χ4v) is 11.9. The third kappa shape index (κ3) is 3.92. The molecule has 4 saturated carbocycles. The Labute approximate surface area is 224 Å². The van der Waals surface area contributed by atoms with E-state index in [-0.39, 0.29) is 39.3 Å². The lowest BCUT2D eigenvalue weighted by Crippen LogP contribution is -2.67. The van der Waals surface area contributed by atoms with Gasteiger partial charge in [-0.05, 0) is 122 Å². The Kier molecular flexibility index (Phi) is 7.48. The maximum atomic E-state index is 12.1. The van der Waals surface area contributed by atoms with E-state index in [9.17, 15) is 10.2 Å². The van der Waals surface area contributed by atoms with Crippen LogP contribution in [0.25, 0.3) is 0 Å². The molecule has 2 heteroatoms. The van der Waals surface area contributed by atoms with Crippen molar-refractivity contribution >= 4 is 0 Å². The number of allylic oxidation sites excluding steroid dienone is 2. The molecule has 0 heterocycles. The van der Waals surface area contributed by atoms with E-state index in [4.69, 9.17) is 0 Å². The quantitative estimate of drug-likeness (QED) is 0.358. The van der Waals surface area contributed by atoms with Crippen LogP contribution in [0.4, 0.5) is 0 Å².